The van der Waals surface area contributed by atoms with E-state index in [-0.39, 0.29) is 13.2 Å². The first-order valence-corrected chi connectivity index (χ1v) is 12.0. The third-order valence-corrected chi connectivity index (χ3v) is 7.48. The van der Waals surface area contributed by atoms with Gasteiger partial charge in [0.1, 0.15) is 0 Å². The third kappa shape index (κ3) is 11.7. The topological polar surface area (TPSA) is 195 Å². The zero-order chi connectivity index (χ0) is 18.4. The van der Waals surface area contributed by atoms with Crippen LogP contribution in [0.4, 0.5) is 0 Å². The van der Waals surface area contributed by atoms with Crippen LogP contribution in [0.3, 0.4) is 0 Å². The molecule has 0 fully saturated rings. The molecule has 0 amide bonds. The van der Waals surface area contributed by atoms with Crippen LogP contribution in [0.25, 0.3) is 0 Å². The summed E-state index contributed by atoms with van der Waals surface area (Å²) in [5, 5.41) is 0. The van der Waals surface area contributed by atoms with Crippen molar-refractivity contribution in [3.63, 3.8) is 0 Å². The number of phosphoric ester groups is 1. The predicted octanol–water partition coefficient (Wildman–Crippen LogP) is 2.29. The average Bonchev–Trinajstić information content (AvgIpc) is 2.28. The highest BCUT2D eigenvalue weighted by Crippen LogP contribution is 2.71. The van der Waals surface area contributed by atoms with Gasteiger partial charge in [-0.25, -0.2) is 18.3 Å². The fourth-order valence-electron chi connectivity index (χ4n) is 0.912. The van der Waals surface area contributed by atoms with Gasteiger partial charge in [-0.2, -0.15) is 12.9 Å². The van der Waals surface area contributed by atoms with E-state index in [1.807, 2.05) is 0 Å². The van der Waals surface area contributed by atoms with Crippen molar-refractivity contribution in [1.29, 1.82) is 0 Å². The van der Waals surface area contributed by atoms with Crippen molar-refractivity contribution < 1.29 is 59.8 Å². The molecule has 0 bridgehead atoms. The lowest BCUT2D eigenvalue weighted by molar-refractivity contribution is 0.137. The van der Waals surface area contributed by atoms with E-state index in [1.165, 1.54) is 0 Å². The van der Waals surface area contributed by atoms with Crippen molar-refractivity contribution in [2.24, 2.45) is 0 Å². The van der Waals surface area contributed by atoms with Crippen LogP contribution >= 0.6 is 31.3 Å². The fourth-order valence-corrected chi connectivity index (χ4v) is 6.08. The first-order chi connectivity index (χ1) is 10.2. The van der Waals surface area contributed by atoms with E-state index in [2.05, 4.69) is 22.0 Å². The molecule has 0 aromatic heterocycles. The summed E-state index contributed by atoms with van der Waals surface area (Å²) in [6.45, 7) is 2.84. The monoisotopic (exact) mass is 422 g/mol. The van der Waals surface area contributed by atoms with Crippen molar-refractivity contribution in [2.75, 3.05) is 13.2 Å². The molecule has 0 rings (SSSR count). The maximum absolute atomic E-state index is 12.1. The van der Waals surface area contributed by atoms with E-state index in [1.54, 1.807) is 13.8 Å². The molecule has 0 aliphatic heterocycles. The van der Waals surface area contributed by atoms with E-state index < -0.39 is 31.3 Å². The summed E-state index contributed by atoms with van der Waals surface area (Å²) in [5.74, 6) is 0. The molecule has 0 spiro atoms. The molecular formula is C6H18O13P4. The fraction of sp³-hybridized carbons (Fsp3) is 1.00. The Morgan fingerprint density at radius 1 is 0.696 bits per heavy atom. The lowest BCUT2D eigenvalue weighted by atomic mass is 10.5. The van der Waals surface area contributed by atoms with Crippen molar-refractivity contribution >= 4 is 31.3 Å². The number of hydrogen-bond donors (Lipinski definition) is 4. The van der Waals surface area contributed by atoms with Gasteiger partial charge in [0.2, 0.25) is 0 Å². The Kier molecular flexibility index (Phi) is 9.54. The minimum absolute atomic E-state index is 0.198. The predicted molar refractivity (Wildman–Crippen MR) is 75.0 cm³/mol. The summed E-state index contributed by atoms with van der Waals surface area (Å²) in [6.07, 6.45) is 0.665. The standard InChI is InChI=1S/C6H18O13P4/c1-3-5-15-23(14,16-6-4-2)19-22(12,13)18-21(10,11)17-20(7,8)9/h3-6H2,1-2H3,(H,10,11)(H,12,13)(H2,7,8,9). The number of phosphoric acid groups is 4. The summed E-state index contributed by atoms with van der Waals surface area (Å²) in [4.78, 5) is 35.0. The first-order valence-electron chi connectivity index (χ1n) is 5.98. The molecule has 0 aromatic rings. The van der Waals surface area contributed by atoms with Crippen LogP contribution in [-0.4, -0.2) is 32.8 Å². The minimum Gasteiger partial charge on any atom is -0.302 e. The summed E-state index contributed by atoms with van der Waals surface area (Å²) >= 11 is 0. The Labute approximate surface area is 132 Å². The van der Waals surface area contributed by atoms with Gasteiger partial charge >= 0.3 is 31.3 Å². The Bertz CT molecular complexity index is 541. The van der Waals surface area contributed by atoms with Gasteiger partial charge in [-0.05, 0) is 12.8 Å². The van der Waals surface area contributed by atoms with Gasteiger partial charge in [0.25, 0.3) is 0 Å². The third-order valence-electron chi connectivity index (χ3n) is 1.53. The highest BCUT2D eigenvalue weighted by Gasteiger charge is 2.45. The molecule has 13 nitrogen and oxygen atoms in total. The Balaban J connectivity index is 5.09. The maximum atomic E-state index is 12.1. The molecule has 0 radical (unpaired) electrons. The Morgan fingerprint density at radius 2 is 1.09 bits per heavy atom. The second kappa shape index (κ2) is 9.31. The molecule has 0 saturated heterocycles. The van der Waals surface area contributed by atoms with Crippen molar-refractivity contribution in [1.82, 2.24) is 0 Å². The minimum atomic E-state index is -5.71. The van der Waals surface area contributed by atoms with Crippen molar-refractivity contribution in [3.05, 3.63) is 0 Å². The lowest BCUT2D eigenvalue weighted by Crippen LogP contribution is -2.03. The largest absolute Gasteiger partial charge is 0.490 e. The van der Waals surface area contributed by atoms with E-state index in [9.17, 15) is 23.2 Å². The van der Waals surface area contributed by atoms with Crippen LogP contribution in [0.1, 0.15) is 26.7 Å². The summed E-state index contributed by atoms with van der Waals surface area (Å²) in [7, 11) is -21.5. The lowest BCUT2D eigenvalue weighted by Gasteiger charge is -2.21. The van der Waals surface area contributed by atoms with Crippen LogP contribution in [0.2, 0.25) is 0 Å². The van der Waals surface area contributed by atoms with Crippen LogP contribution in [0, 0.1) is 0 Å². The molecule has 0 heterocycles. The van der Waals surface area contributed by atoms with E-state index >= 15 is 0 Å². The van der Waals surface area contributed by atoms with Gasteiger partial charge in [0.15, 0.2) is 0 Å². The molecule has 0 saturated carbocycles. The van der Waals surface area contributed by atoms with E-state index in [0.29, 0.717) is 12.8 Å². The first kappa shape index (κ1) is 23.6. The molecule has 0 aliphatic rings. The van der Waals surface area contributed by atoms with Gasteiger partial charge in [-0.15, -0.1) is 0 Å². The molecular weight excluding hydrogens is 404 g/mol. The molecule has 2 unspecified atom stereocenters. The van der Waals surface area contributed by atoms with Gasteiger partial charge in [-0.3, -0.25) is 9.05 Å². The van der Waals surface area contributed by atoms with Crippen molar-refractivity contribution in [2.45, 2.75) is 26.7 Å². The van der Waals surface area contributed by atoms with Crippen molar-refractivity contribution in [3.8, 4) is 0 Å². The van der Waals surface area contributed by atoms with Gasteiger partial charge in [0, 0.05) is 0 Å². The molecule has 4 N–H and O–H groups in total. The number of hydrogen-bond acceptors (Lipinski definition) is 9. The molecule has 17 heteroatoms. The van der Waals surface area contributed by atoms with E-state index in [4.69, 9.17) is 14.7 Å². The van der Waals surface area contributed by atoms with Gasteiger partial charge in [0.05, 0.1) is 13.2 Å². The molecule has 0 aromatic carbocycles. The summed E-state index contributed by atoms with van der Waals surface area (Å²) < 4.78 is 65.6. The Morgan fingerprint density at radius 3 is 1.43 bits per heavy atom. The zero-order valence-corrected chi connectivity index (χ0v) is 15.7. The normalized spacial score (nSPS) is 18.3. The van der Waals surface area contributed by atoms with Crippen LogP contribution < -0.4 is 0 Å². The van der Waals surface area contributed by atoms with Gasteiger partial charge < -0.3 is 19.6 Å². The zero-order valence-electron chi connectivity index (χ0n) is 12.1. The highest BCUT2D eigenvalue weighted by molar-refractivity contribution is 7.69. The Hall–Kier alpha value is 0.560. The van der Waals surface area contributed by atoms with Crippen LogP contribution in [0.15, 0.2) is 0 Å². The molecule has 0 aliphatic carbocycles. The smallest absolute Gasteiger partial charge is 0.302 e. The highest BCUT2D eigenvalue weighted by atomic mass is 31.3. The van der Waals surface area contributed by atoms with Crippen LogP contribution in [-0.2, 0) is 40.2 Å². The van der Waals surface area contributed by atoms with E-state index in [0.717, 1.165) is 0 Å². The second-order valence-electron chi connectivity index (χ2n) is 3.79. The SMILES string of the molecule is CCCOP(=O)(OCCC)OP(=O)(O)OP(=O)(O)OP(=O)(O)O. The quantitative estimate of drug-likeness (QED) is 0.335. The summed E-state index contributed by atoms with van der Waals surface area (Å²) in [5.41, 5.74) is 0. The van der Waals surface area contributed by atoms with Gasteiger partial charge in [-0.1, -0.05) is 13.8 Å². The summed E-state index contributed by atoms with van der Waals surface area (Å²) in [6, 6.07) is 0. The molecule has 23 heavy (non-hydrogen) atoms. The maximum Gasteiger partial charge on any atom is 0.490 e. The number of rotatable bonds is 12. The average molecular weight is 422 g/mol. The molecule has 2 atom stereocenters. The molecule has 140 valence electrons. The second-order valence-corrected chi connectivity index (χ2v) is 10.0. The van der Waals surface area contributed by atoms with Crippen LogP contribution in [0.5, 0.6) is 0 Å².